The van der Waals surface area contributed by atoms with Gasteiger partial charge in [0.25, 0.3) is 0 Å². The van der Waals surface area contributed by atoms with Crippen LogP contribution in [0.2, 0.25) is 0 Å². The fourth-order valence-electron chi connectivity index (χ4n) is 23.5. The van der Waals surface area contributed by atoms with Crippen molar-refractivity contribution in [3.63, 3.8) is 0 Å². The molecule has 0 amide bonds. The number of ether oxygens (including phenoxy) is 7. The molecule has 9 fully saturated rings. The Labute approximate surface area is 832 Å². The fourth-order valence-corrected chi connectivity index (χ4v) is 32.5. The molecule has 21 rings (SSSR count). The van der Waals surface area contributed by atoms with Crippen molar-refractivity contribution in [2.45, 2.75) is 255 Å². The molecule has 16 heteroatoms. The number of aryl methyl sites for hydroxylation is 8. The van der Waals surface area contributed by atoms with E-state index in [2.05, 4.69) is 327 Å². The van der Waals surface area contributed by atoms with Crippen LogP contribution in [-0.2, 0) is 77.0 Å². The van der Waals surface area contributed by atoms with Gasteiger partial charge in [-0.3, -0.25) is 4.79 Å². The Morgan fingerprint density at radius 2 is 0.630 bits per heavy atom. The zero-order valence-electron chi connectivity index (χ0n) is 82.8. The van der Waals surface area contributed by atoms with Crippen LogP contribution in [0.3, 0.4) is 0 Å². The van der Waals surface area contributed by atoms with E-state index in [9.17, 15) is 19.2 Å². The maximum absolute atomic E-state index is 12.9. The fraction of sp³-hybridized carbons (Fsp3) is 0.377. The van der Waals surface area contributed by atoms with Crippen LogP contribution in [0.25, 0.3) is 0 Å². The molecule has 0 saturated heterocycles. The summed E-state index contributed by atoms with van der Waals surface area (Å²) in [5.41, 5.74) is 8.12. The molecule has 0 spiro atoms. The van der Waals surface area contributed by atoms with Crippen molar-refractivity contribution in [1.29, 1.82) is 0 Å². The molecule has 0 N–H and O–H groups in total. The summed E-state index contributed by atoms with van der Waals surface area (Å²) in [6.45, 7) is 22.4. The molecule has 9 saturated carbocycles. The molecule has 12 nitrogen and oxygen atoms in total. The van der Waals surface area contributed by atoms with Gasteiger partial charge >= 0.3 is 17.9 Å². The molecule has 0 aromatic heterocycles. The quantitative estimate of drug-likeness (QED) is 0.0168. The monoisotopic (exact) mass is 1920 g/mol. The molecular formula is C122H139NO11S4+4. The average molecular weight is 1920 g/mol. The number of hydrogen-bond acceptors (Lipinski definition) is 12. The van der Waals surface area contributed by atoms with E-state index in [-0.39, 0.29) is 104 Å². The van der Waals surface area contributed by atoms with E-state index in [1.165, 1.54) is 134 Å². The standard InChI is InChI=1S/C36H41O4S.C32H35O3S.C29H33O3S.C25H30NOS/c1-24-14-33(41(31-10-6-4-7-11-31)32-12-8-5-9-13-32)15-25(2)35(24)40-23-34(38)39-22-30(37)21-36(3)28-17-26-16-27(19-28)20-29(36)18-26;1-22-13-29(36(27-9-5-3-6-10-27)28-11-7-4-8-12-28)14-23(2)31(22)34-21-30(33)35-32-18-24-15-25(19-32)17-26(16-24)20-32;1-4-29(17-11-12-18-29)31-21-27(30)32-28-22(2)19-26(20-23(28)3)33(24-13-7-5-8-14-24)25-15-9-6-10-16-25;1-20-18-24(19-21(2)25(20)27-17-11-16-26(3)4)28(22-12-7-5-8-13-22)23-14-9-6-10-15-23/h4-15,26-29H,16-23H2,1-3H3;3-14,24-26H,15-21H2,1-2H3;5-10,13-16,19-20H,4,11-12,17-18,21H2,1-3H3;5-10,12-15,18-19H,11,16-17H2,1-4H3/q4*+1. The number of carbonyl (C=O) groups excluding carboxylic acids is 4. The minimum atomic E-state index is -0.496. The van der Waals surface area contributed by atoms with Crippen LogP contribution in [0.1, 0.15) is 174 Å². The first-order valence-corrected chi connectivity index (χ1v) is 54.8. The third-order valence-electron chi connectivity index (χ3n) is 29.3. The molecule has 0 radical (unpaired) electrons. The maximum atomic E-state index is 12.9. The van der Waals surface area contributed by atoms with Crippen molar-refractivity contribution in [2.24, 2.45) is 46.8 Å². The smallest absolute Gasteiger partial charge is 0.344 e. The molecule has 718 valence electrons. The summed E-state index contributed by atoms with van der Waals surface area (Å²) in [6.07, 6.45) is 20.6. The molecular weight excluding hydrogens is 1780 g/mol. The summed E-state index contributed by atoms with van der Waals surface area (Å²) in [5.74, 6) is 7.50. The molecule has 12 aromatic rings. The Kier molecular flexibility index (Phi) is 34.0. The number of rotatable bonds is 33. The van der Waals surface area contributed by atoms with E-state index in [4.69, 9.17) is 33.2 Å². The highest BCUT2D eigenvalue weighted by Gasteiger charge is 2.56. The summed E-state index contributed by atoms with van der Waals surface area (Å²) >= 11 is 0. The van der Waals surface area contributed by atoms with Gasteiger partial charge in [-0.05, 0) is 354 Å². The highest BCUT2D eigenvalue weighted by Crippen LogP contribution is 2.64. The van der Waals surface area contributed by atoms with Gasteiger partial charge < -0.3 is 38.1 Å². The Bertz CT molecular complexity index is 5750. The zero-order valence-corrected chi connectivity index (χ0v) is 86.1. The van der Waals surface area contributed by atoms with Crippen LogP contribution in [0.4, 0.5) is 0 Å². The second kappa shape index (κ2) is 46.7. The molecule has 138 heavy (non-hydrogen) atoms. The van der Waals surface area contributed by atoms with E-state index in [1.54, 1.807) is 0 Å². The summed E-state index contributed by atoms with van der Waals surface area (Å²) in [4.78, 5) is 68.6. The number of carbonyl (C=O) groups is 4. The molecule has 0 aliphatic heterocycles. The lowest BCUT2D eigenvalue weighted by atomic mass is 9.45. The Morgan fingerprint density at radius 3 is 0.935 bits per heavy atom. The number of nitrogens with zero attached hydrogens (tertiary/aromatic N) is 1. The molecule has 9 aliphatic carbocycles. The van der Waals surface area contributed by atoms with Crippen molar-refractivity contribution in [3.8, 4) is 23.0 Å². The van der Waals surface area contributed by atoms with Gasteiger partial charge in [0.1, 0.15) is 41.8 Å². The first-order chi connectivity index (χ1) is 66.8. The molecule has 12 aromatic carbocycles. The van der Waals surface area contributed by atoms with E-state index in [1.807, 2.05) is 52.0 Å². The van der Waals surface area contributed by atoms with Crippen LogP contribution >= 0.6 is 0 Å². The summed E-state index contributed by atoms with van der Waals surface area (Å²) in [7, 11) is 3.37. The first-order valence-electron chi connectivity index (χ1n) is 49.9. The van der Waals surface area contributed by atoms with Gasteiger partial charge in [0, 0.05) is 61.5 Å². The highest BCUT2D eigenvalue weighted by molar-refractivity contribution is 7.98. The largest absolute Gasteiger partial charge is 0.493 e. The van der Waals surface area contributed by atoms with E-state index < -0.39 is 5.97 Å². The van der Waals surface area contributed by atoms with Crippen LogP contribution in [0.15, 0.2) is 350 Å². The SMILES string of the molecule is CCC1(OCC(=O)Oc2c(C)cc([S+](c3ccccc3)c3ccccc3)cc2C)CCCC1.Cc1cc([S+](c2ccccc2)c2ccccc2)cc(C)c1OCC(=O)OC12CC3CC(CC(C3)C1)C2.Cc1cc([S+](c2ccccc2)c2ccccc2)cc(C)c1OCC(=O)OCC(=O)CC1(C)C2CC3CC(C2)CC1C3.Cc1cc([S+](c2ccccc2)c2ccccc2)cc(C)c1OCCCN(C)C. The third kappa shape index (κ3) is 25.1. The van der Waals surface area contributed by atoms with Crippen molar-refractivity contribution in [2.75, 3.05) is 53.7 Å². The third-order valence-corrected chi connectivity index (χ3v) is 38.1. The number of ketones is 1. The number of benzene rings is 12. The first kappa shape index (κ1) is 100. The van der Waals surface area contributed by atoms with Crippen molar-refractivity contribution in [1.82, 2.24) is 4.90 Å². The normalized spacial score (nSPS) is 20.5. The van der Waals surface area contributed by atoms with Crippen LogP contribution in [0.5, 0.6) is 23.0 Å². The maximum Gasteiger partial charge on any atom is 0.344 e. The van der Waals surface area contributed by atoms with Crippen molar-refractivity contribution < 1.29 is 52.3 Å². The van der Waals surface area contributed by atoms with E-state index >= 15 is 0 Å². The van der Waals surface area contributed by atoms with Gasteiger partial charge in [-0.1, -0.05) is 172 Å². The predicted molar refractivity (Wildman–Crippen MR) is 559 cm³/mol. The minimum Gasteiger partial charge on any atom is -0.493 e. The van der Waals surface area contributed by atoms with E-state index in [0.29, 0.717) is 29.8 Å². The Morgan fingerprint density at radius 1 is 0.341 bits per heavy atom. The highest BCUT2D eigenvalue weighted by atomic mass is 32.2. The lowest BCUT2D eigenvalue weighted by Gasteiger charge is -2.60. The topological polar surface area (TPSA) is 136 Å². The lowest BCUT2D eigenvalue weighted by Crippen LogP contribution is -2.53. The minimum absolute atomic E-state index is 0.00682. The summed E-state index contributed by atoms with van der Waals surface area (Å²) in [5, 5.41) is 0. The van der Waals surface area contributed by atoms with Gasteiger partial charge in [0.05, 0.1) is 55.8 Å². The van der Waals surface area contributed by atoms with Crippen LogP contribution in [-0.4, -0.2) is 93.5 Å². The Balaban J connectivity index is 0.000000134. The van der Waals surface area contributed by atoms with Gasteiger partial charge in [-0.2, -0.15) is 0 Å². The summed E-state index contributed by atoms with van der Waals surface area (Å²) in [6, 6.07) is 103. The second-order valence-corrected chi connectivity index (χ2v) is 48.2. The molecule has 9 aliphatic rings. The van der Waals surface area contributed by atoms with Crippen LogP contribution in [0, 0.1) is 102 Å². The van der Waals surface area contributed by atoms with Gasteiger partial charge in [-0.15, -0.1) is 0 Å². The molecule has 0 unspecified atom stereocenters. The lowest BCUT2D eigenvalue weighted by molar-refractivity contribution is -0.188. The summed E-state index contributed by atoms with van der Waals surface area (Å²) < 4.78 is 41.7. The van der Waals surface area contributed by atoms with Gasteiger partial charge in [0.15, 0.2) is 77.7 Å². The number of hydrogen-bond donors (Lipinski definition) is 0. The van der Waals surface area contributed by atoms with Gasteiger partial charge in [-0.25, -0.2) is 14.4 Å². The van der Waals surface area contributed by atoms with Crippen molar-refractivity contribution in [3.05, 3.63) is 336 Å². The van der Waals surface area contributed by atoms with Crippen molar-refractivity contribution >= 4 is 67.3 Å². The molecule has 0 heterocycles. The average Bonchev–Trinajstić information content (AvgIpc) is 0.772. The number of Topliss-reactive ketones (excluding diaryl/α,β-unsaturated/α-hetero) is 1. The predicted octanol–water partition coefficient (Wildman–Crippen LogP) is 27.8. The van der Waals surface area contributed by atoms with E-state index in [0.717, 1.165) is 133 Å². The zero-order chi connectivity index (χ0) is 96.5. The molecule has 8 bridgehead atoms. The number of esters is 3. The second-order valence-electron chi connectivity index (χ2n) is 40.1. The van der Waals surface area contributed by atoms with Crippen LogP contribution < -0.4 is 18.9 Å². The van der Waals surface area contributed by atoms with Gasteiger partial charge in [0.2, 0.25) is 0 Å². The molecule has 0 atom stereocenters. The Hall–Kier alpha value is -10.6.